The fourth-order valence-electron chi connectivity index (χ4n) is 1.79. The molecule has 7 nitrogen and oxygen atoms in total. The van der Waals surface area contributed by atoms with Crippen molar-refractivity contribution >= 4 is 17.8 Å². The molecule has 0 aromatic heterocycles. The minimum Gasteiger partial charge on any atom is -0.481 e. The highest BCUT2D eigenvalue weighted by molar-refractivity contribution is 5.79. The van der Waals surface area contributed by atoms with E-state index >= 15 is 0 Å². The average Bonchev–Trinajstić information content (AvgIpc) is 2.44. The Morgan fingerprint density at radius 1 is 1.14 bits per heavy atom. The molecule has 0 unspecified atom stereocenters. The van der Waals surface area contributed by atoms with Crippen LogP contribution in [0.15, 0.2) is 30.3 Å². The monoisotopic (exact) mass is 294 g/mol. The Kier molecular flexibility index (Phi) is 6.35. The molecule has 0 aliphatic heterocycles. The van der Waals surface area contributed by atoms with Gasteiger partial charge in [0.1, 0.15) is 6.04 Å². The van der Waals surface area contributed by atoms with Crippen LogP contribution in [0.2, 0.25) is 0 Å². The quantitative estimate of drug-likeness (QED) is 0.552. The van der Waals surface area contributed by atoms with E-state index in [0.29, 0.717) is 5.56 Å². The SMILES string of the molecule is N[C@@H](CCC(=O)N[C@H](CC(=O)O)c1ccccc1)C(=O)O. The van der Waals surface area contributed by atoms with Gasteiger partial charge in [-0.05, 0) is 12.0 Å². The maximum Gasteiger partial charge on any atom is 0.320 e. The molecule has 21 heavy (non-hydrogen) atoms. The van der Waals surface area contributed by atoms with E-state index in [9.17, 15) is 14.4 Å². The number of rotatable bonds is 8. The summed E-state index contributed by atoms with van der Waals surface area (Å²) in [6.07, 6.45) is -0.326. The second kappa shape index (κ2) is 8.01. The third-order valence-electron chi connectivity index (χ3n) is 2.92. The molecule has 114 valence electrons. The summed E-state index contributed by atoms with van der Waals surface area (Å²) in [7, 11) is 0. The highest BCUT2D eigenvalue weighted by Crippen LogP contribution is 2.16. The van der Waals surface area contributed by atoms with Crippen molar-refractivity contribution in [3.63, 3.8) is 0 Å². The van der Waals surface area contributed by atoms with Crippen molar-refractivity contribution in [2.75, 3.05) is 0 Å². The lowest BCUT2D eigenvalue weighted by Crippen LogP contribution is -2.34. The molecule has 0 fully saturated rings. The smallest absolute Gasteiger partial charge is 0.320 e. The van der Waals surface area contributed by atoms with E-state index in [0.717, 1.165) is 0 Å². The topological polar surface area (TPSA) is 130 Å². The van der Waals surface area contributed by atoms with E-state index in [1.54, 1.807) is 30.3 Å². The molecule has 1 rings (SSSR count). The summed E-state index contributed by atoms with van der Waals surface area (Å²) < 4.78 is 0. The van der Waals surface area contributed by atoms with Crippen molar-refractivity contribution in [3.8, 4) is 0 Å². The molecular formula is C14H18N2O5. The van der Waals surface area contributed by atoms with E-state index in [-0.39, 0.29) is 19.3 Å². The Balaban J connectivity index is 2.63. The van der Waals surface area contributed by atoms with Crippen LogP contribution in [0.3, 0.4) is 0 Å². The number of hydrogen-bond donors (Lipinski definition) is 4. The zero-order chi connectivity index (χ0) is 15.8. The van der Waals surface area contributed by atoms with E-state index in [2.05, 4.69) is 5.32 Å². The van der Waals surface area contributed by atoms with Crippen molar-refractivity contribution in [1.29, 1.82) is 0 Å². The molecule has 0 aliphatic carbocycles. The van der Waals surface area contributed by atoms with Crippen LogP contribution in [0.4, 0.5) is 0 Å². The van der Waals surface area contributed by atoms with Crippen molar-refractivity contribution in [1.82, 2.24) is 5.32 Å². The first-order chi connectivity index (χ1) is 9.90. The van der Waals surface area contributed by atoms with Crippen molar-refractivity contribution in [2.45, 2.75) is 31.3 Å². The fraction of sp³-hybridized carbons (Fsp3) is 0.357. The summed E-state index contributed by atoms with van der Waals surface area (Å²) in [4.78, 5) is 33.2. The number of carbonyl (C=O) groups excluding carboxylic acids is 1. The molecule has 5 N–H and O–H groups in total. The van der Waals surface area contributed by atoms with Crippen LogP contribution >= 0.6 is 0 Å². The van der Waals surface area contributed by atoms with Gasteiger partial charge < -0.3 is 21.3 Å². The third kappa shape index (κ3) is 6.05. The lowest BCUT2D eigenvalue weighted by atomic mass is 10.0. The summed E-state index contributed by atoms with van der Waals surface area (Å²) >= 11 is 0. The molecule has 1 aromatic carbocycles. The van der Waals surface area contributed by atoms with Gasteiger partial charge in [0.05, 0.1) is 12.5 Å². The van der Waals surface area contributed by atoms with E-state index < -0.39 is 29.9 Å². The van der Waals surface area contributed by atoms with Crippen LogP contribution in [0.5, 0.6) is 0 Å². The van der Waals surface area contributed by atoms with Gasteiger partial charge in [0.15, 0.2) is 0 Å². The largest absolute Gasteiger partial charge is 0.481 e. The number of benzene rings is 1. The summed E-state index contributed by atoms with van der Waals surface area (Å²) in [5, 5.41) is 20.1. The highest BCUT2D eigenvalue weighted by Gasteiger charge is 2.19. The molecular weight excluding hydrogens is 276 g/mol. The van der Waals surface area contributed by atoms with Crippen LogP contribution in [0, 0.1) is 0 Å². The van der Waals surface area contributed by atoms with Gasteiger partial charge in [-0.3, -0.25) is 14.4 Å². The molecule has 0 saturated heterocycles. The van der Waals surface area contributed by atoms with Crippen LogP contribution in [-0.4, -0.2) is 34.1 Å². The number of nitrogens with two attached hydrogens (primary N) is 1. The lowest BCUT2D eigenvalue weighted by molar-refractivity contribution is -0.139. The first-order valence-corrected chi connectivity index (χ1v) is 6.44. The number of carboxylic acids is 2. The van der Waals surface area contributed by atoms with E-state index in [1.807, 2.05) is 0 Å². The number of amides is 1. The summed E-state index contributed by atoms with van der Waals surface area (Å²) in [6.45, 7) is 0. The minimum absolute atomic E-state index is 0.00422. The third-order valence-corrected chi connectivity index (χ3v) is 2.92. The van der Waals surface area contributed by atoms with Gasteiger partial charge >= 0.3 is 11.9 Å². The first-order valence-electron chi connectivity index (χ1n) is 6.44. The number of carboxylic acid groups (broad SMARTS) is 2. The molecule has 0 aliphatic rings. The van der Waals surface area contributed by atoms with Crippen molar-refractivity contribution in [3.05, 3.63) is 35.9 Å². The molecule has 0 spiro atoms. The zero-order valence-corrected chi connectivity index (χ0v) is 11.4. The molecule has 1 aromatic rings. The maximum absolute atomic E-state index is 11.8. The van der Waals surface area contributed by atoms with Crippen molar-refractivity contribution in [2.24, 2.45) is 5.73 Å². The Bertz CT molecular complexity index is 503. The van der Waals surface area contributed by atoms with Gasteiger partial charge in [-0.25, -0.2) is 0 Å². The minimum atomic E-state index is -1.17. The second-order valence-electron chi connectivity index (χ2n) is 4.61. The Morgan fingerprint density at radius 2 is 1.76 bits per heavy atom. The molecule has 0 saturated carbocycles. The standard InChI is InChI=1S/C14H18N2O5/c15-10(14(20)21)6-7-12(17)16-11(8-13(18)19)9-4-2-1-3-5-9/h1-5,10-11H,6-8,15H2,(H,16,17)(H,18,19)(H,20,21)/t10-,11+/m0/s1. The molecule has 7 heteroatoms. The predicted octanol–water partition coefficient (Wildman–Crippen LogP) is 0.511. The fourth-order valence-corrected chi connectivity index (χ4v) is 1.79. The highest BCUT2D eigenvalue weighted by atomic mass is 16.4. The van der Waals surface area contributed by atoms with Crippen molar-refractivity contribution < 1.29 is 24.6 Å². The Hall–Kier alpha value is -2.41. The second-order valence-corrected chi connectivity index (χ2v) is 4.61. The molecule has 0 radical (unpaired) electrons. The molecule has 0 heterocycles. The molecule has 2 atom stereocenters. The Labute approximate surface area is 121 Å². The van der Waals surface area contributed by atoms with Crippen LogP contribution in [0.25, 0.3) is 0 Å². The molecule has 0 bridgehead atoms. The summed E-state index contributed by atoms with van der Waals surface area (Å²) in [6, 6.07) is 6.96. The molecule has 1 amide bonds. The van der Waals surface area contributed by atoms with Gasteiger partial charge in [-0.2, -0.15) is 0 Å². The summed E-state index contributed by atoms with van der Waals surface area (Å²) in [5.41, 5.74) is 5.99. The van der Waals surface area contributed by atoms with Gasteiger partial charge in [-0.15, -0.1) is 0 Å². The van der Waals surface area contributed by atoms with Crippen LogP contribution < -0.4 is 11.1 Å². The number of nitrogens with one attached hydrogen (secondary N) is 1. The predicted molar refractivity (Wildman–Crippen MR) is 74.4 cm³/mol. The van der Waals surface area contributed by atoms with Crippen LogP contribution in [0.1, 0.15) is 30.9 Å². The van der Waals surface area contributed by atoms with Crippen LogP contribution in [-0.2, 0) is 14.4 Å². The van der Waals surface area contributed by atoms with E-state index in [4.69, 9.17) is 15.9 Å². The maximum atomic E-state index is 11.8. The van der Waals surface area contributed by atoms with Gasteiger partial charge in [0.2, 0.25) is 5.91 Å². The number of hydrogen-bond acceptors (Lipinski definition) is 4. The zero-order valence-electron chi connectivity index (χ0n) is 11.4. The van der Waals surface area contributed by atoms with Gasteiger partial charge in [0.25, 0.3) is 0 Å². The number of aliphatic carboxylic acids is 2. The van der Waals surface area contributed by atoms with Gasteiger partial charge in [0, 0.05) is 6.42 Å². The first kappa shape index (κ1) is 16.6. The number of carbonyl (C=O) groups is 3. The summed E-state index contributed by atoms with van der Waals surface area (Å²) in [5.74, 6) is -2.64. The Morgan fingerprint density at radius 3 is 2.29 bits per heavy atom. The van der Waals surface area contributed by atoms with Gasteiger partial charge in [-0.1, -0.05) is 30.3 Å². The average molecular weight is 294 g/mol. The lowest BCUT2D eigenvalue weighted by Gasteiger charge is -2.17. The van der Waals surface area contributed by atoms with E-state index in [1.165, 1.54) is 0 Å². The normalized spacial score (nSPS) is 13.2.